The summed E-state index contributed by atoms with van der Waals surface area (Å²) in [6.45, 7) is 2.19. The molecule has 1 aromatic rings. The van der Waals surface area contributed by atoms with Gasteiger partial charge in [0, 0.05) is 17.6 Å². The second-order valence-corrected chi connectivity index (χ2v) is 5.43. The number of rotatable bonds is 4. The van der Waals surface area contributed by atoms with Crippen LogP contribution in [0.15, 0.2) is 11.7 Å². The first kappa shape index (κ1) is 11.1. The van der Waals surface area contributed by atoms with E-state index in [4.69, 9.17) is 0 Å². The first-order valence-electron chi connectivity index (χ1n) is 6.03. The van der Waals surface area contributed by atoms with Crippen molar-refractivity contribution >= 4 is 11.3 Å². The normalized spacial score (nSPS) is 18.9. The summed E-state index contributed by atoms with van der Waals surface area (Å²) in [6.07, 6.45) is 10.6. The van der Waals surface area contributed by atoms with Crippen molar-refractivity contribution in [2.75, 3.05) is 6.54 Å². The van der Waals surface area contributed by atoms with Gasteiger partial charge in [-0.05, 0) is 25.3 Å². The monoisotopic (exact) mass is 224 g/mol. The van der Waals surface area contributed by atoms with Crippen LogP contribution in [0.3, 0.4) is 0 Å². The number of nitrogens with zero attached hydrogens (tertiary/aromatic N) is 1. The fourth-order valence-corrected chi connectivity index (χ4v) is 2.86. The molecule has 1 fully saturated rings. The van der Waals surface area contributed by atoms with Crippen LogP contribution in [0.1, 0.15) is 43.4 Å². The average molecular weight is 224 g/mol. The van der Waals surface area contributed by atoms with Gasteiger partial charge in [-0.15, -0.1) is 11.3 Å². The Morgan fingerprint density at radius 1 is 1.27 bits per heavy atom. The van der Waals surface area contributed by atoms with E-state index in [1.54, 1.807) is 11.3 Å². The van der Waals surface area contributed by atoms with Gasteiger partial charge in [0.25, 0.3) is 0 Å². The van der Waals surface area contributed by atoms with Crippen molar-refractivity contribution in [2.45, 2.75) is 45.1 Å². The Morgan fingerprint density at radius 2 is 2.07 bits per heavy atom. The Kier molecular flexibility index (Phi) is 4.61. The molecule has 1 aliphatic carbocycles. The van der Waals surface area contributed by atoms with E-state index in [-0.39, 0.29) is 0 Å². The van der Waals surface area contributed by atoms with Gasteiger partial charge >= 0.3 is 0 Å². The molecule has 3 heteroatoms. The molecule has 0 aliphatic heterocycles. The summed E-state index contributed by atoms with van der Waals surface area (Å²) in [5.41, 5.74) is 1.91. The van der Waals surface area contributed by atoms with E-state index < -0.39 is 0 Å². The molecule has 84 valence electrons. The van der Waals surface area contributed by atoms with E-state index in [2.05, 4.69) is 10.3 Å². The SMILES string of the molecule is c1ncc(CNCC2CCCCCC2)s1. The van der Waals surface area contributed by atoms with Crippen LogP contribution in [0.25, 0.3) is 0 Å². The highest BCUT2D eigenvalue weighted by atomic mass is 32.1. The minimum Gasteiger partial charge on any atom is -0.312 e. The highest BCUT2D eigenvalue weighted by molar-refractivity contribution is 7.09. The molecular formula is C12H20N2S. The minimum atomic E-state index is 0.917. The van der Waals surface area contributed by atoms with Crippen LogP contribution in [0.5, 0.6) is 0 Å². The Morgan fingerprint density at radius 3 is 2.73 bits per heavy atom. The van der Waals surface area contributed by atoms with Gasteiger partial charge in [0.05, 0.1) is 5.51 Å². The standard InChI is InChI=1S/C12H20N2S/c1-2-4-6-11(5-3-1)7-13-8-12-9-14-10-15-12/h9-11,13H,1-8H2. The molecule has 0 amide bonds. The second-order valence-electron chi connectivity index (χ2n) is 4.46. The lowest BCUT2D eigenvalue weighted by Gasteiger charge is -2.14. The first-order chi connectivity index (χ1) is 7.45. The summed E-state index contributed by atoms with van der Waals surface area (Å²) in [5, 5.41) is 3.56. The minimum absolute atomic E-state index is 0.917. The lowest BCUT2D eigenvalue weighted by Crippen LogP contribution is -2.21. The number of nitrogens with one attached hydrogen (secondary N) is 1. The Bertz CT molecular complexity index is 251. The van der Waals surface area contributed by atoms with Crippen molar-refractivity contribution < 1.29 is 0 Å². The van der Waals surface area contributed by atoms with E-state index in [1.807, 2.05) is 11.7 Å². The molecule has 1 aliphatic rings. The third-order valence-electron chi connectivity index (χ3n) is 3.19. The number of aromatic nitrogens is 1. The highest BCUT2D eigenvalue weighted by Gasteiger charge is 2.11. The highest BCUT2D eigenvalue weighted by Crippen LogP contribution is 2.22. The van der Waals surface area contributed by atoms with Crippen LogP contribution in [0, 0.1) is 5.92 Å². The van der Waals surface area contributed by atoms with Crippen LogP contribution >= 0.6 is 11.3 Å². The average Bonchev–Trinajstić information content (AvgIpc) is 2.62. The summed E-state index contributed by atoms with van der Waals surface area (Å²) in [7, 11) is 0. The molecule has 2 nitrogen and oxygen atoms in total. The zero-order valence-electron chi connectivity index (χ0n) is 9.24. The molecule has 2 rings (SSSR count). The molecule has 1 N–H and O–H groups in total. The van der Waals surface area contributed by atoms with Crippen molar-refractivity contribution in [3.8, 4) is 0 Å². The molecule has 0 aromatic carbocycles. The van der Waals surface area contributed by atoms with Crippen molar-refractivity contribution in [1.82, 2.24) is 10.3 Å². The first-order valence-corrected chi connectivity index (χ1v) is 6.91. The van der Waals surface area contributed by atoms with Crippen LogP contribution in [-0.2, 0) is 6.54 Å². The Hall–Kier alpha value is -0.410. The van der Waals surface area contributed by atoms with Gasteiger partial charge in [0.15, 0.2) is 0 Å². The molecule has 0 unspecified atom stereocenters. The predicted molar refractivity (Wildman–Crippen MR) is 65.0 cm³/mol. The summed E-state index contributed by atoms with van der Waals surface area (Å²) >= 11 is 1.74. The zero-order valence-corrected chi connectivity index (χ0v) is 10.1. The third kappa shape index (κ3) is 3.92. The molecule has 1 heterocycles. The number of hydrogen-bond donors (Lipinski definition) is 1. The van der Waals surface area contributed by atoms with Gasteiger partial charge in [-0.1, -0.05) is 25.7 Å². The van der Waals surface area contributed by atoms with Crippen molar-refractivity contribution in [3.63, 3.8) is 0 Å². The molecule has 0 bridgehead atoms. The van der Waals surface area contributed by atoms with Gasteiger partial charge in [-0.3, -0.25) is 4.98 Å². The van der Waals surface area contributed by atoms with Gasteiger partial charge < -0.3 is 5.32 Å². The maximum absolute atomic E-state index is 4.08. The van der Waals surface area contributed by atoms with E-state index in [9.17, 15) is 0 Å². The maximum Gasteiger partial charge on any atom is 0.0794 e. The number of hydrogen-bond acceptors (Lipinski definition) is 3. The van der Waals surface area contributed by atoms with E-state index in [0.29, 0.717) is 0 Å². The van der Waals surface area contributed by atoms with Crippen LogP contribution in [0.4, 0.5) is 0 Å². The molecule has 15 heavy (non-hydrogen) atoms. The van der Waals surface area contributed by atoms with Crippen molar-refractivity contribution in [2.24, 2.45) is 5.92 Å². The van der Waals surface area contributed by atoms with Crippen LogP contribution < -0.4 is 5.32 Å². The lowest BCUT2D eigenvalue weighted by molar-refractivity contribution is 0.426. The largest absolute Gasteiger partial charge is 0.312 e. The molecule has 0 radical (unpaired) electrons. The third-order valence-corrected chi connectivity index (χ3v) is 3.97. The fraction of sp³-hybridized carbons (Fsp3) is 0.750. The van der Waals surface area contributed by atoms with Crippen molar-refractivity contribution in [3.05, 3.63) is 16.6 Å². The van der Waals surface area contributed by atoms with Crippen molar-refractivity contribution in [1.29, 1.82) is 0 Å². The summed E-state index contributed by atoms with van der Waals surface area (Å²) < 4.78 is 0. The van der Waals surface area contributed by atoms with E-state index in [0.717, 1.165) is 12.5 Å². The van der Waals surface area contributed by atoms with E-state index in [1.165, 1.54) is 49.9 Å². The summed E-state index contributed by atoms with van der Waals surface area (Å²) in [4.78, 5) is 5.43. The second kappa shape index (κ2) is 6.23. The molecule has 1 aromatic heterocycles. The Balaban J connectivity index is 1.64. The van der Waals surface area contributed by atoms with Crippen LogP contribution in [0.2, 0.25) is 0 Å². The fourth-order valence-electron chi connectivity index (χ4n) is 2.30. The molecule has 1 saturated carbocycles. The molecular weight excluding hydrogens is 204 g/mol. The summed E-state index contributed by atoms with van der Waals surface area (Å²) in [5.74, 6) is 0.917. The van der Waals surface area contributed by atoms with Gasteiger partial charge in [0.1, 0.15) is 0 Å². The summed E-state index contributed by atoms with van der Waals surface area (Å²) in [6, 6.07) is 0. The maximum atomic E-state index is 4.08. The van der Waals surface area contributed by atoms with Gasteiger partial charge in [-0.2, -0.15) is 0 Å². The van der Waals surface area contributed by atoms with Gasteiger partial charge in [0.2, 0.25) is 0 Å². The molecule has 0 atom stereocenters. The Labute approximate surface area is 96.1 Å². The number of thiazole rings is 1. The lowest BCUT2D eigenvalue weighted by atomic mass is 10.0. The topological polar surface area (TPSA) is 24.9 Å². The molecule has 0 spiro atoms. The van der Waals surface area contributed by atoms with Gasteiger partial charge in [-0.25, -0.2) is 0 Å². The molecule has 0 saturated heterocycles. The zero-order chi connectivity index (χ0) is 10.3. The quantitative estimate of drug-likeness (QED) is 0.794. The van der Waals surface area contributed by atoms with E-state index >= 15 is 0 Å². The smallest absolute Gasteiger partial charge is 0.0794 e. The predicted octanol–water partition coefficient (Wildman–Crippen LogP) is 3.20. The van der Waals surface area contributed by atoms with Crippen LogP contribution in [-0.4, -0.2) is 11.5 Å².